The predicted molar refractivity (Wildman–Crippen MR) is 109 cm³/mol. The third kappa shape index (κ3) is 5.30. The number of pyridine rings is 1. The number of carbonyl (C=O) groups is 2. The Hall–Kier alpha value is -3.30. The van der Waals surface area contributed by atoms with Crippen molar-refractivity contribution in [2.75, 3.05) is 13.1 Å². The topological polar surface area (TPSA) is 83.6 Å². The van der Waals surface area contributed by atoms with Gasteiger partial charge in [-0.2, -0.15) is 0 Å². The van der Waals surface area contributed by atoms with Gasteiger partial charge in [0.25, 0.3) is 5.91 Å². The number of halogens is 3. The molecule has 7 nitrogen and oxygen atoms in total. The van der Waals surface area contributed by atoms with Crippen LogP contribution in [-0.4, -0.2) is 47.3 Å². The lowest BCUT2D eigenvalue weighted by molar-refractivity contribution is -0.274. The first kappa shape index (κ1) is 21.9. The number of ether oxygens (including phenoxy) is 1. The van der Waals surface area contributed by atoms with Crippen molar-refractivity contribution in [3.05, 3.63) is 59.9 Å². The fourth-order valence-corrected chi connectivity index (χ4v) is 4.10. The molecule has 1 saturated carbocycles. The van der Waals surface area contributed by atoms with E-state index >= 15 is 0 Å². The van der Waals surface area contributed by atoms with Crippen LogP contribution in [0.1, 0.15) is 35.2 Å². The van der Waals surface area contributed by atoms with Crippen LogP contribution in [0.3, 0.4) is 0 Å². The second kappa shape index (κ2) is 8.68. The normalized spacial score (nSPS) is 19.3. The summed E-state index contributed by atoms with van der Waals surface area (Å²) in [5.41, 5.74) is 1.30. The van der Waals surface area contributed by atoms with Gasteiger partial charge in [0, 0.05) is 43.6 Å². The van der Waals surface area contributed by atoms with Crippen molar-refractivity contribution in [3.63, 3.8) is 0 Å². The molecule has 0 radical (unpaired) electrons. The maximum atomic E-state index is 12.5. The first-order valence-electron chi connectivity index (χ1n) is 10.3. The third-order valence-corrected chi connectivity index (χ3v) is 6.08. The van der Waals surface area contributed by atoms with Crippen molar-refractivity contribution in [2.45, 2.75) is 38.2 Å². The highest BCUT2D eigenvalue weighted by Crippen LogP contribution is 2.53. The Kier molecular flexibility index (Phi) is 5.94. The highest BCUT2D eigenvalue weighted by Gasteiger charge is 2.55. The minimum atomic E-state index is -4.73. The lowest BCUT2D eigenvalue weighted by Gasteiger charge is -2.33. The highest BCUT2D eigenvalue weighted by atomic mass is 19.4. The largest absolute Gasteiger partial charge is 0.573 e. The molecular weight excluding hydrogens is 425 g/mol. The molecule has 10 heteroatoms. The summed E-state index contributed by atoms with van der Waals surface area (Å²) in [4.78, 5) is 30.4. The zero-order valence-electron chi connectivity index (χ0n) is 17.2. The molecule has 1 aromatic heterocycles. The quantitative estimate of drug-likeness (QED) is 0.734. The monoisotopic (exact) mass is 448 g/mol. The Balaban J connectivity index is 1.20. The van der Waals surface area contributed by atoms with Gasteiger partial charge in [0.2, 0.25) is 0 Å². The Morgan fingerprint density at radius 1 is 1.09 bits per heavy atom. The van der Waals surface area contributed by atoms with E-state index in [0.717, 1.165) is 19.3 Å². The summed E-state index contributed by atoms with van der Waals surface area (Å²) >= 11 is 0. The maximum Gasteiger partial charge on any atom is 0.573 e. The van der Waals surface area contributed by atoms with E-state index in [4.69, 9.17) is 0 Å². The molecule has 1 saturated heterocycles. The number of piperidine rings is 1. The zero-order chi connectivity index (χ0) is 22.8. The number of urea groups is 1. The molecule has 1 aliphatic carbocycles. The van der Waals surface area contributed by atoms with Gasteiger partial charge in [0.1, 0.15) is 5.75 Å². The number of amides is 3. The Labute approximate surface area is 183 Å². The van der Waals surface area contributed by atoms with Crippen molar-refractivity contribution in [2.24, 2.45) is 5.41 Å². The SMILES string of the molecule is O=C(NC1CC12CCN(C(=O)NCc1ccc(OC(F)(F)F)cc1)CC2)c1ccncc1. The van der Waals surface area contributed by atoms with Crippen molar-refractivity contribution >= 4 is 11.9 Å². The standard InChI is InChI=1S/C22H23F3N4O3/c23-22(24,25)32-17-3-1-15(2-4-17)14-27-20(31)29-11-7-21(8-12-29)13-18(21)28-19(30)16-5-9-26-10-6-16/h1-6,9-10,18H,7-8,11-14H2,(H,27,31)(H,28,30). The smallest absolute Gasteiger partial charge is 0.406 e. The van der Waals surface area contributed by atoms with E-state index in [0.29, 0.717) is 24.2 Å². The van der Waals surface area contributed by atoms with E-state index < -0.39 is 6.36 Å². The van der Waals surface area contributed by atoms with E-state index in [-0.39, 0.29) is 35.7 Å². The summed E-state index contributed by atoms with van der Waals surface area (Å²) in [6.45, 7) is 1.38. The van der Waals surface area contributed by atoms with Crippen LogP contribution >= 0.6 is 0 Å². The number of aromatic nitrogens is 1. The molecule has 2 heterocycles. The Morgan fingerprint density at radius 3 is 2.38 bits per heavy atom. The summed E-state index contributed by atoms with van der Waals surface area (Å²) in [7, 11) is 0. The highest BCUT2D eigenvalue weighted by molar-refractivity contribution is 5.94. The molecule has 170 valence electrons. The molecule has 0 bridgehead atoms. The molecule has 3 amide bonds. The first-order chi connectivity index (χ1) is 15.2. The maximum absolute atomic E-state index is 12.5. The Morgan fingerprint density at radius 2 is 1.75 bits per heavy atom. The summed E-state index contributed by atoms with van der Waals surface area (Å²) in [6.07, 6.45) is 0.963. The van der Waals surface area contributed by atoms with Crippen LogP contribution in [0.2, 0.25) is 0 Å². The number of hydrogen-bond donors (Lipinski definition) is 2. The predicted octanol–water partition coefficient (Wildman–Crippen LogP) is 3.47. The number of benzene rings is 1. The molecule has 2 fully saturated rings. The average Bonchev–Trinajstić information content (AvgIpc) is 3.43. The third-order valence-electron chi connectivity index (χ3n) is 6.08. The van der Waals surface area contributed by atoms with Gasteiger partial charge in [-0.25, -0.2) is 4.79 Å². The number of rotatable bonds is 5. The van der Waals surface area contributed by atoms with Crippen molar-refractivity contribution < 1.29 is 27.5 Å². The van der Waals surface area contributed by atoms with Crippen LogP contribution < -0.4 is 15.4 Å². The van der Waals surface area contributed by atoms with Gasteiger partial charge in [-0.05, 0) is 54.5 Å². The number of hydrogen-bond acceptors (Lipinski definition) is 4. The second-order valence-electron chi connectivity index (χ2n) is 8.17. The lowest BCUT2D eigenvalue weighted by Crippen LogP contribution is -2.46. The van der Waals surface area contributed by atoms with Crippen molar-refractivity contribution in [1.82, 2.24) is 20.5 Å². The number of carbonyl (C=O) groups excluding carboxylic acids is 2. The zero-order valence-corrected chi connectivity index (χ0v) is 17.2. The minimum absolute atomic E-state index is 0.0494. The molecule has 1 atom stereocenters. The number of nitrogens with one attached hydrogen (secondary N) is 2. The summed E-state index contributed by atoms with van der Waals surface area (Å²) in [5.74, 6) is -0.412. The molecule has 1 spiro atoms. The summed E-state index contributed by atoms with van der Waals surface area (Å²) in [6, 6.07) is 8.64. The van der Waals surface area contributed by atoms with Crippen LogP contribution in [0.15, 0.2) is 48.8 Å². The van der Waals surface area contributed by atoms with Crippen LogP contribution in [-0.2, 0) is 6.54 Å². The molecule has 4 rings (SSSR count). The van der Waals surface area contributed by atoms with Crippen LogP contribution in [0.4, 0.5) is 18.0 Å². The van der Waals surface area contributed by atoms with E-state index in [1.54, 1.807) is 29.4 Å². The molecule has 2 aliphatic rings. The van der Waals surface area contributed by atoms with Gasteiger partial charge in [-0.1, -0.05) is 12.1 Å². The molecule has 32 heavy (non-hydrogen) atoms. The number of nitrogens with zero attached hydrogens (tertiary/aromatic N) is 2. The summed E-state index contributed by atoms with van der Waals surface area (Å²) in [5, 5.41) is 5.87. The fourth-order valence-electron chi connectivity index (χ4n) is 4.10. The average molecular weight is 448 g/mol. The summed E-state index contributed by atoms with van der Waals surface area (Å²) < 4.78 is 40.5. The second-order valence-corrected chi connectivity index (χ2v) is 8.17. The molecule has 1 aliphatic heterocycles. The number of alkyl halides is 3. The van der Waals surface area contributed by atoms with Gasteiger partial charge in [-0.15, -0.1) is 13.2 Å². The Bertz CT molecular complexity index is 959. The van der Waals surface area contributed by atoms with Crippen LogP contribution in [0, 0.1) is 5.41 Å². The van der Waals surface area contributed by atoms with Gasteiger partial charge < -0.3 is 20.3 Å². The molecule has 1 unspecified atom stereocenters. The molecule has 2 aromatic rings. The molecular formula is C22H23F3N4O3. The van der Waals surface area contributed by atoms with Crippen molar-refractivity contribution in [1.29, 1.82) is 0 Å². The van der Waals surface area contributed by atoms with Gasteiger partial charge in [0.15, 0.2) is 0 Å². The van der Waals surface area contributed by atoms with Crippen LogP contribution in [0.25, 0.3) is 0 Å². The van der Waals surface area contributed by atoms with Gasteiger partial charge >= 0.3 is 12.4 Å². The van der Waals surface area contributed by atoms with E-state index in [9.17, 15) is 22.8 Å². The van der Waals surface area contributed by atoms with E-state index in [2.05, 4.69) is 20.4 Å². The molecule has 1 aromatic carbocycles. The molecule has 2 N–H and O–H groups in total. The number of likely N-dealkylation sites (tertiary alicyclic amines) is 1. The van der Waals surface area contributed by atoms with Crippen LogP contribution in [0.5, 0.6) is 5.75 Å². The van der Waals surface area contributed by atoms with Crippen molar-refractivity contribution in [3.8, 4) is 5.75 Å². The van der Waals surface area contributed by atoms with E-state index in [1.807, 2.05) is 0 Å². The fraction of sp³-hybridized carbons (Fsp3) is 0.409. The van der Waals surface area contributed by atoms with Gasteiger partial charge in [-0.3, -0.25) is 9.78 Å². The minimum Gasteiger partial charge on any atom is -0.406 e. The lowest BCUT2D eigenvalue weighted by atomic mass is 9.92. The van der Waals surface area contributed by atoms with E-state index in [1.165, 1.54) is 24.3 Å². The van der Waals surface area contributed by atoms with Gasteiger partial charge in [0.05, 0.1) is 0 Å². The first-order valence-corrected chi connectivity index (χ1v) is 10.3.